The van der Waals surface area contributed by atoms with Crippen molar-refractivity contribution < 1.29 is 9.90 Å². The minimum Gasteiger partial charge on any atom is -0.384 e. The van der Waals surface area contributed by atoms with E-state index in [1.165, 1.54) is 0 Å². The summed E-state index contributed by atoms with van der Waals surface area (Å²) in [5.74, 6) is 0.978. The maximum Gasteiger partial charge on any atom is 0.224 e. The quantitative estimate of drug-likeness (QED) is 0.371. The SMILES string of the molecule is CCNC(=NCc1cccc(NC(=O)CC(C)C)c1)NCC(C)(O)c1ccsc1. The van der Waals surface area contributed by atoms with Gasteiger partial charge in [0.05, 0.1) is 13.1 Å². The van der Waals surface area contributed by atoms with Gasteiger partial charge in [-0.05, 0) is 59.9 Å². The van der Waals surface area contributed by atoms with Crippen LogP contribution in [0.15, 0.2) is 46.1 Å². The van der Waals surface area contributed by atoms with E-state index in [-0.39, 0.29) is 5.91 Å². The molecule has 0 fully saturated rings. The van der Waals surface area contributed by atoms with Crippen molar-refractivity contribution in [3.63, 3.8) is 0 Å². The number of amides is 1. The number of hydrogen-bond donors (Lipinski definition) is 4. The molecule has 1 aromatic heterocycles. The number of hydrogen-bond acceptors (Lipinski definition) is 4. The predicted molar refractivity (Wildman–Crippen MR) is 121 cm³/mol. The summed E-state index contributed by atoms with van der Waals surface area (Å²) in [7, 11) is 0. The van der Waals surface area contributed by atoms with E-state index < -0.39 is 5.60 Å². The highest BCUT2D eigenvalue weighted by Gasteiger charge is 2.23. The number of benzene rings is 1. The molecule has 158 valence electrons. The molecule has 2 rings (SSSR count). The molecule has 0 spiro atoms. The van der Waals surface area contributed by atoms with Gasteiger partial charge in [-0.1, -0.05) is 26.0 Å². The topological polar surface area (TPSA) is 85.8 Å². The summed E-state index contributed by atoms with van der Waals surface area (Å²) >= 11 is 1.56. The number of rotatable bonds is 9. The van der Waals surface area contributed by atoms with Crippen LogP contribution >= 0.6 is 11.3 Å². The molecule has 0 radical (unpaired) electrons. The van der Waals surface area contributed by atoms with Crippen molar-refractivity contribution in [2.75, 3.05) is 18.4 Å². The molecule has 1 heterocycles. The van der Waals surface area contributed by atoms with E-state index in [1.54, 1.807) is 18.3 Å². The van der Waals surface area contributed by atoms with Gasteiger partial charge in [-0.3, -0.25) is 4.79 Å². The molecule has 6 nitrogen and oxygen atoms in total. The summed E-state index contributed by atoms with van der Waals surface area (Å²) in [6.45, 7) is 9.36. The van der Waals surface area contributed by atoms with Gasteiger partial charge in [0.1, 0.15) is 5.60 Å². The predicted octanol–water partition coefficient (Wildman–Crippen LogP) is 3.70. The van der Waals surface area contributed by atoms with Crippen molar-refractivity contribution >= 4 is 28.9 Å². The molecule has 0 aliphatic rings. The Morgan fingerprint density at radius 3 is 2.72 bits per heavy atom. The van der Waals surface area contributed by atoms with E-state index in [0.717, 1.165) is 23.4 Å². The number of aliphatic imine (C=N–C) groups is 1. The van der Waals surface area contributed by atoms with Crippen LogP contribution in [-0.2, 0) is 16.9 Å². The van der Waals surface area contributed by atoms with Crippen molar-refractivity contribution in [2.24, 2.45) is 10.9 Å². The van der Waals surface area contributed by atoms with Gasteiger partial charge in [-0.25, -0.2) is 4.99 Å². The maximum absolute atomic E-state index is 12.0. The van der Waals surface area contributed by atoms with Crippen LogP contribution in [0.2, 0.25) is 0 Å². The molecule has 0 aliphatic heterocycles. The van der Waals surface area contributed by atoms with Crippen LogP contribution < -0.4 is 16.0 Å². The molecule has 0 bridgehead atoms. The van der Waals surface area contributed by atoms with Crippen molar-refractivity contribution in [1.29, 1.82) is 0 Å². The molecule has 1 atom stereocenters. The van der Waals surface area contributed by atoms with Crippen LogP contribution in [0.25, 0.3) is 0 Å². The first-order valence-corrected chi connectivity index (χ1v) is 10.9. The lowest BCUT2D eigenvalue weighted by Gasteiger charge is -2.24. The third-order valence-electron chi connectivity index (χ3n) is 4.31. The van der Waals surface area contributed by atoms with Gasteiger partial charge < -0.3 is 21.1 Å². The Balaban J connectivity index is 1.99. The summed E-state index contributed by atoms with van der Waals surface area (Å²) in [6.07, 6.45) is 0.501. The molecule has 1 amide bonds. The number of guanidine groups is 1. The summed E-state index contributed by atoms with van der Waals surface area (Å²) in [6, 6.07) is 9.64. The summed E-state index contributed by atoms with van der Waals surface area (Å²) in [5.41, 5.74) is 1.68. The molecule has 1 aromatic carbocycles. The highest BCUT2D eigenvalue weighted by Crippen LogP contribution is 2.22. The van der Waals surface area contributed by atoms with Crippen LogP contribution in [0.1, 0.15) is 45.2 Å². The molecule has 2 aromatic rings. The average Bonchev–Trinajstić information content (AvgIpc) is 3.19. The van der Waals surface area contributed by atoms with Gasteiger partial charge in [-0.2, -0.15) is 11.3 Å². The molecule has 4 N–H and O–H groups in total. The highest BCUT2D eigenvalue weighted by atomic mass is 32.1. The minimum atomic E-state index is -0.975. The molecular weight excluding hydrogens is 384 g/mol. The molecule has 7 heteroatoms. The monoisotopic (exact) mass is 416 g/mol. The molecule has 29 heavy (non-hydrogen) atoms. The van der Waals surface area contributed by atoms with E-state index in [0.29, 0.717) is 31.4 Å². The van der Waals surface area contributed by atoms with E-state index in [2.05, 4.69) is 20.9 Å². The Kier molecular flexibility index (Phi) is 8.67. The van der Waals surface area contributed by atoms with Crippen molar-refractivity contribution in [3.8, 4) is 0 Å². The smallest absolute Gasteiger partial charge is 0.224 e. The van der Waals surface area contributed by atoms with Crippen LogP contribution in [-0.4, -0.2) is 30.1 Å². The fraction of sp³-hybridized carbons (Fsp3) is 0.455. The third-order valence-corrected chi connectivity index (χ3v) is 4.99. The first kappa shape index (κ1) is 22.9. The minimum absolute atomic E-state index is 0.0197. The number of carbonyl (C=O) groups excluding carboxylic acids is 1. The summed E-state index contributed by atoms with van der Waals surface area (Å²) < 4.78 is 0. The fourth-order valence-electron chi connectivity index (χ4n) is 2.77. The van der Waals surface area contributed by atoms with Gasteiger partial charge in [0, 0.05) is 18.7 Å². The zero-order valence-electron chi connectivity index (χ0n) is 17.7. The first-order chi connectivity index (χ1) is 13.8. The van der Waals surface area contributed by atoms with E-state index in [4.69, 9.17) is 0 Å². The molecule has 0 aliphatic carbocycles. The normalized spacial score (nSPS) is 13.8. The number of anilines is 1. The second-order valence-electron chi connectivity index (χ2n) is 7.68. The van der Waals surface area contributed by atoms with Gasteiger partial charge in [-0.15, -0.1) is 0 Å². The Bertz CT molecular complexity index is 801. The van der Waals surface area contributed by atoms with Gasteiger partial charge in [0.2, 0.25) is 5.91 Å². The maximum atomic E-state index is 12.0. The van der Waals surface area contributed by atoms with E-state index >= 15 is 0 Å². The Hall–Kier alpha value is -2.38. The zero-order valence-corrected chi connectivity index (χ0v) is 18.5. The van der Waals surface area contributed by atoms with Crippen LogP contribution in [0.5, 0.6) is 0 Å². The Morgan fingerprint density at radius 2 is 2.07 bits per heavy atom. The van der Waals surface area contributed by atoms with E-state index in [1.807, 2.05) is 61.9 Å². The van der Waals surface area contributed by atoms with Gasteiger partial charge in [0.15, 0.2) is 5.96 Å². The Morgan fingerprint density at radius 1 is 1.28 bits per heavy atom. The summed E-state index contributed by atoms with van der Waals surface area (Å²) in [4.78, 5) is 16.6. The van der Waals surface area contributed by atoms with Crippen LogP contribution in [0, 0.1) is 5.92 Å². The van der Waals surface area contributed by atoms with Gasteiger partial charge >= 0.3 is 0 Å². The average molecular weight is 417 g/mol. The number of aliphatic hydroxyl groups is 1. The second-order valence-corrected chi connectivity index (χ2v) is 8.46. The first-order valence-electron chi connectivity index (χ1n) is 9.96. The number of nitrogens with zero attached hydrogens (tertiary/aromatic N) is 1. The molecule has 1 unspecified atom stereocenters. The fourth-order valence-corrected chi connectivity index (χ4v) is 3.55. The summed E-state index contributed by atoms with van der Waals surface area (Å²) in [5, 5.41) is 23.9. The standard InChI is InChI=1S/C22H32N4O2S/c1-5-23-21(25-15-22(4,28)18-9-10-29-14-18)24-13-17-7-6-8-19(12-17)26-20(27)11-16(2)3/h6-10,12,14,16,28H,5,11,13,15H2,1-4H3,(H,26,27)(H2,23,24,25). The highest BCUT2D eigenvalue weighted by molar-refractivity contribution is 7.08. The van der Waals surface area contributed by atoms with E-state index in [9.17, 15) is 9.90 Å². The van der Waals surface area contributed by atoms with Crippen molar-refractivity contribution in [1.82, 2.24) is 10.6 Å². The lowest BCUT2D eigenvalue weighted by molar-refractivity contribution is -0.116. The molecule has 0 saturated heterocycles. The lowest BCUT2D eigenvalue weighted by Crippen LogP contribution is -2.44. The Labute approximate surface area is 177 Å². The van der Waals surface area contributed by atoms with Crippen LogP contribution in [0.4, 0.5) is 5.69 Å². The number of thiophene rings is 1. The zero-order chi connectivity index (χ0) is 21.3. The second kappa shape index (κ2) is 11.0. The van der Waals surface area contributed by atoms with Crippen molar-refractivity contribution in [3.05, 3.63) is 52.2 Å². The number of nitrogens with one attached hydrogen (secondary N) is 3. The third kappa shape index (κ3) is 7.87. The van der Waals surface area contributed by atoms with Gasteiger partial charge in [0.25, 0.3) is 0 Å². The van der Waals surface area contributed by atoms with Crippen molar-refractivity contribution in [2.45, 2.75) is 46.3 Å². The largest absolute Gasteiger partial charge is 0.384 e. The lowest BCUT2D eigenvalue weighted by atomic mass is 9.99. The molecule has 0 saturated carbocycles. The molecular formula is C22H32N4O2S. The van der Waals surface area contributed by atoms with Crippen LogP contribution in [0.3, 0.4) is 0 Å². The number of carbonyl (C=O) groups is 1.